The molecule has 1 fully saturated rings. The van der Waals surface area contributed by atoms with Gasteiger partial charge in [0, 0.05) is 51.9 Å². The second kappa shape index (κ2) is 13.1. The Hall–Kier alpha value is -0.160. The highest BCUT2D eigenvalue weighted by atomic mass is 16.7. The zero-order valence-corrected chi connectivity index (χ0v) is 16.7. The SMILES string of the molecule is CCCCCCCCC(CN1CCNCC1)C(C)(OCC)OCC. The smallest absolute Gasteiger partial charge is 0.169 e. The van der Waals surface area contributed by atoms with Crippen molar-refractivity contribution in [2.45, 2.75) is 78.4 Å². The predicted octanol–water partition coefficient (Wildman–Crippen LogP) is 4.05. The van der Waals surface area contributed by atoms with E-state index in [1.807, 2.05) is 0 Å². The summed E-state index contributed by atoms with van der Waals surface area (Å²) in [6, 6.07) is 0. The van der Waals surface area contributed by atoms with Crippen molar-refractivity contribution < 1.29 is 9.47 Å². The van der Waals surface area contributed by atoms with Crippen LogP contribution in [0.3, 0.4) is 0 Å². The van der Waals surface area contributed by atoms with Crippen LogP contribution in [0.25, 0.3) is 0 Å². The third-order valence-corrected chi connectivity index (χ3v) is 5.20. The molecule has 1 saturated heterocycles. The second-order valence-corrected chi connectivity index (χ2v) is 7.19. The Morgan fingerprint density at radius 2 is 1.50 bits per heavy atom. The maximum absolute atomic E-state index is 6.10. The van der Waals surface area contributed by atoms with Crippen LogP contribution in [0.15, 0.2) is 0 Å². The fourth-order valence-electron chi connectivity index (χ4n) is 3.75. The van der Waals surface area contributed by atoms with Gasteiger partial charge in [0.15, 0.2) is 5.79 Å². The molecular weight excluding hydrogens is 300 g/mol. The maximum Gasteiger partial charge on any atom is 0.169 e. The predicted molar refractivity (Wildman–Crippen MR) is 102 cm³/mol. The largest absolute Gasteiger partial charge is 0.350 e. The van der Waals surface area contributed by atoms with E-state index < -0.39 is 5.79 Å². The second-order valence-electron chi connectivity index (χ2n) is 7.19. The van der Waals surface area contributed by atoms with E-state index >= 15 is 0 Å². The molecule has 0 aromatic carbocycles. The van der Waals surface area contributed by atoms with Crippen molar-refractivity contribution in [1.82, 2.24) is 10.2 Å². The third-order valence-electron chi connectivity index (χ3n) is 5.20. The number of nitrogens with one attached hydrogen (secondary N) is 1. The van der Waals surface area contributed by atoms with Crippen LogP contribution in [-0.2, 0) is 9.47 Å². The van der Waals surface area contributed by atoms with E-state index in [1.54, 1.807) is 0 Å². The van der Waals surface area contributed by atoms with Crippen molar-refractivity contribution in [3.8, 4) is 0 Å². The summed E-state index contributed by atoms with van der Waals surface area (Å²) in [6.07, 6.45) is 9.27. The number of ether oxygens (including phenoxy) is 2. The van der Waals surface area contributed by atoms with Gasteiger partial charge in [-0.05, 0) is 27.2 Å². The van der Waals surface area contributed by atoms with Crippen molar-refractivity contribution >= 4 is 0 Å². The van der Waals surface area contributed by atoms with Crippen LogP contribution in [0.1, 0.15) is 72.6 Å². The molecule has 0 aliphatic carbocycles. The number of nitrogens with zero attached hydrogens (tertiary/aromatic N) is 1. The number of unbranched alkanes of at least 4 members (excludes halogenated alkanes) is 5. The van der Waals surface area contributed by atoms with Crippen LogP contribution in [-0.4, -0.2) is 56.6 Å². The van der Waals surface area contributed by atoms with Gasteiger partial charge in [0.1, 0.15) is 0 Å². The molecule has 1 aliphatic heterocycles. The van der Waals surface area contributed by atoms with Crippen LogP contribution in [0.2, 0.25) is 0 Å². The first kappa shape index (κ1) is 21.9. The van der Waals surface area contributed by atoms with Gasteiger partial charge in [0.2, 0.25) is 0 Å². The van der Waals surface area contributed by atoms with Gasteiger partial charge in [-0.25, -0.2) is 0 Å². The highest BCUT2D eigenvalue weighted by Crippen LogP contribution is 2.30. The van der Waals surface area contributed by atoms with Crippen LogP contribution in [0, 0.1) is 5.92 Å². The van der Waals surface area contributed by atoms with Gasteiger partial charge in [-0.2, -0.15) is 0 Å². The van der Waals surface area contributed by atoms with E-state index in [2.05, 4.69) is 37.9 Å². The Morgan fingerprint density at radius 1 is 0.917 bits per heavy atom. The molecule has 0 saturated carbocycles. The first-order chi connectivity index (χ1) is 11.7. The third kappa shape index (κ3) is 8.28. The highest BCUT2D eigenvalue weighted by molar-refractivity contribution is 4.81. The molecule has 0 spiro atoms. The minimum Gasteiger partial charge on any atom is -0.350 e. The van der Waals surface area contributed by atoms with Gasteiger partial charge in [-0.15, -0.1) is 0 Å². The summed E-state index contributed by atoms with van der Waals surface area (Å²) in [4.78, 5) is 2.58. The van der Waals surface area contributed by atoms with Crippen LogP contribution >= 0.6 is 0 Å². The van der Waals surface area contributed by atoms with E-state index in [0.29, 0.717) is 19.1 Å². The monoisotopic (exact) mass is 342 g/mol. The molecule has 4 nitrogen and oxygen atoms in total. The lowest BCUT2D eigenvalue weighted by atomic mass is 9.91. The van der Waals surface area contributed by atoms with Gasteiger partial charge in [0.05, 0.1) is 0 Å². The lowest BCUT2D eigenvalue weighted by Crippen LogP contribution is -2.51. The molecule has 0 radical (unpaired) electrons. The molecule has 1 N–H and O–H groups in total. The Morgan fingerprint density at radius 3 is 2.08 bits per heavy atom. The number of hydrogen-bond acceptors (Lipinski definition) is 4. The summed E-state index contributed by atoms with van der Waals surface area (Å²) >= 11 is 0. The molecule has 0 bridgehead atoms. The summed E-state index contributed by atoms with van der Waals surface area (Å²) in [7, 11) is 0. The minimum atomic E-state index is -0.447. The Kier molecular flexibility index (Phi) is 11.9. The molecule has 144 valence electrons. The lowest BCUT2D eigenvalue weighted by molar-refractivity contribution is -0.255. The van der Waals surface area contributed by atoms with Crippen molar-refractivity contribution in [3.05, 3.63) is 0 Å². The average molecular weight is 343 g/mol. The molecule has 1 rings (SSSR count). The van der Waals surface area contributed by atoms with Crippen LogP contribution in [0.5, 0.6) is 0 Å². The van der Waals surface area contributed by atoms with Crippen LogP contribution in [0.4, 0.5) is 0 Å². The first-order valence-electron chi connectivity index (χ1n) is 10.4. The maximum atomic E-state index is 6.10. The Balaban J connectivity index is 2.55. The van der Waals surface area contributed by atoms with Crippen LogP contribution < -0.4 is 5.32 Å². The normalized spacial score (nSPS) is 18.0. The zero-order valence-electron chi connectivity index (χ0n) is 16.7. The Bertz CT molecular complexity index is 287. The van der Waals surface area contributed by atoms with Gasteiger partial charge in [-0.3, -0.25) is 0 Å². The molecular formula is C20H42N2O2. The molecule has 1 atom stereocenters. The van der Waals surface area contributed by atoms with Crippen molar-refractivity contribution in [2.75, 3.05) is 45.9 Å². The van der Waals surface area contributed by atoms with Gasteiger partial charge < -0.3 is 19.7 Å². The molecule has 1 aliphatic rings. The topological polar surface area (TPSA) is 33.7 Å². The van der Waals surface area contributed by atoms with Gasteiger partial charge >= 0.3 is 0 Å². The van der Waals surface area contributed by atoms with E-state index in [9.17, 15) is 0 Å². The highest BCUT2D eigenvalue weighted by Gasteiger charge is 2.36. The molecule has 0 amide bonds. The average Bonchev–Trinajstić information content (AvgIpc) is 2.58. The molecule has 4 heteroatoms. The summed E-state index contributed by atoms with van der Waals surface area (Å²) in [5, 5.41) is 3.44. The van der Waals surface area contributed by atoms with E-state index in [0.717, 1.165) is 32.7 Å². The fourth-order valence-corrected chi connectivity index (χ4v) is 3.75. The quantitative estimate of drug-likeness (QED) is 0.381. The van der Waals surface area contributed by atoms with E-state index in [-0.39, 0.29) is 0 Å². The minimum absolute atomic E-state index is 0.446. The molecule has 1 heterocycles. The molecule has 24 heavy (non-hydrogen) atoms. The number of hydrogen-bond donors (Lipinski definition) is 1. The van der Waals surface area contributed by atoms with E-state index in [1.165, 1.54) is 44.9 Å². The van der Waals surface area contributed by atoms with Crippen molar-refractivity contribution in [2.24, 2.45) is 5.92 Å². The zero-order chi connectivity index (χ0) is 17.7. The fraction of sp³-hybridized carbons (Fsp3) is 1.00. The summed E-state index contributed by atoms with van der Waals surface area (Å²) in [5.41, 5.74) is 0. The number of rotatable bonds is 14. The molecule has 0 aromatic rings. The molecule has 1 unspecified atom stereocenters. The van der Waals surface area contributed by atoms with Crippen molar-refractivity contribution in [1.29, 1.82) is 0 Å². The molecule has 0 aromatic heterocycles. The van der Waals surface area contributed by atoms with Gasteiger partial charge in [0.25, 0.3) is 0 Å². The Labute approximate surface area is 150 Å². The summed E-state index contributed by atoms with van der Waals surface area (Å²) in [6.45, 7) is 15.6. The lowest BCUT2D eigenvalue weighted by Gasteiger charge is -2.40. The number of piperazine rings is 1. The summed E-state index contributed by atoms with van der Waals surface area (Å²) < 4.78 is 12.2. The standard InChI is InChI=1S/C20H42N2O2/c1-5-8-9-10-11-12-13-19(18-22-16-14-21-15-17-22)20(4,23-6-2)24-7-3/h19,21H,5-18H2,1-4H3. The summed E-state index contributed by atoms with van der Waals surface area (Å²) in [5.74, 6) is -0.000637. The van der Waals surface area contributed by atoms with Gasteiger partial charge in [-0.1, -0.05) is 45.4 Å². The van der Waals surface area contributed by atoms with Crippen molar-refractivity contribution in [3.63, 3.8) is 0 Å². The first-order valence-corrected chi connectivity index (χ1v) is 10.4. The van der Waals surface area contributed by atoms with E-state index in [4.69, 9.17) is 9.47 Å².